The molecule has 0 radical (unpaired) electrons. The molecule has 0 fully saturated rings. The lowest BCUT2D eigenvalue weighted by atomic mass is 9.94. The predicted molar refractivity (Wildman–Crippen MR) is 121 cm³/mol. The number of benzene rings is 4. The molecule has 0 aromatic heterocycles. The van der Waals surface area contributed by atoms with Gasteiger partial charge in [0.1, 0.15) is 23.0 Å². The van der Waals surface area contributed by atoms with Crippen LogP contribution in [0.1, 0.15) is 16.7 Å². The van der Waals surface area contributed by atoms with Crippen molar-refractivity contribution in [2.24, 2.45) is 0 Å². The van der Waals surface area contributed by atoms with E-state index in [1.54, 1.807) is 31.4 Å². The summed E-state index contributed by atoms with van der Waals surface area (Å²) in [6.07, 6.45) is 0. The normalized spacial score (nSPS) is 10.3. The molecule has 0 saturated carbocycles. The Hall–Kier alpha value is -3.98. The minimum Gasteiger partial charge on any atom is -0.508 e. The Morgan fingerprint density at radius 2 is 1.07 bits per heavy atom. The van der Waals surface area contributed by atoms with Crippen LogP contribution in [0.2, 0.25) is 0 Å². The smallest absolute Gasteiger partial charge is 0.143 e. The lowest BCUT2D eigenvalue weighted by Gasteiger charge is -2.18. The van der Waals surface area contributed by atoms with Crippen molar-refractivity contribution >= 4 is 11.3 Å². The van der Waals surface area contributed by atoms with Crippen molar-refractivity contribution in [3.8, 4) is 17.2 Å². The quantitative estimate of drug-likeness (QED) is 0.304. The molecule has 0 saturated heterocycles. The first kappa shape index (κ1) is 19.3. The van der Waals surface area contributed by atoms with Crippen LogP contribution in [0, 0.1) is 0 Å². The molecule has 0 aliphatic carbocycles. The van der Waals surface area contributed by atoms with Crippen LogP contribution in [-0.2, 0) is 0 Å². The van der Waals surface area contributed by atoms with E-state index in [-0.39, 0.29) is 5.75 Å². The summed E-state index contributed by atoms with van der Waals surface area (Å²) in [6, 6.07) is 34.9. The molecule has 0 bridgehead atoms. The summed E-state index contributed by atoms with van der Waals surface area (Å²) in [6.45, 7) is 0. The number of phenolic OH excluding ortho intramolecular Hbond substituents is 1. The Morgan fingerprint density at radius 3 is 1.57 bits per heavy atom. The third-order valence-electron chi connectivity index (χ3n) is 4.76. The van der Waals surface area contributed by atoms with Gasteiger partial charge in [0.15, 0.2) is 0 Å². The summed E-state index contributed by atoms with van der Waals surface area (Å²) >= 11 is 0. The lowest BCUT2D eigenvalue weighted by Crippen LogP contribution is -2.02. The van der Waals surface area contributed by atoms with E-state index >= 15 is 0 Å². The van der Waals surface area contributed by atoms with E-state index in [1.807, 2.05) is 60.7 Å². The fourth-order valence-corrected chi connectivity index (χ4v) is 3.27. The summed E-state index contributed by atoms with van der Waals surface area (Å²) < 4.78 is 11.8. The van der Waals surface area contributed by atoms with Crippen LogP contribution >= 0.6 is 0 Å². The van der Waals surface area contributed by atoms with E-state index < -0.39 is 0 Å². The molecule has 1 N–H and O–H groups in total. The van der Waals surface area contributed by atoms with Gasteiger partial charge in [-0.15, -0.1) is 0 Å². The Balaban J connectivity index is 1.95. The first-order valence-electron chi connectivity index (χ1n) is 9.71. The van der Waals surface area contributed by atoms with Crippen molar-refractivity contribution in [1.82, 2.24) is 0 Å². The van der Waals surface area contributed by atoms with Crippen LogP contribution in [0.4, 0.5) is 0 Å². The molecule has 30 heavy (non-hydrogen) atoms. The van der Waals surface area contributed by atoms with Gasteiger partial charge in [0.2, 0.25) is 0 Å². The average Bonchev–Trinajstić information content (AvgIpc) is 2.81. The molecule has 4 aromatic rings. The molecule has 4 aromatic carbocycles. The number of phenols is 1. The lowest BCUT2D eigenvalue weighted by molar-refractivity contribution is 0.414. The van der Waals surface area contributed by atoms with E-state index in [0.29, 0.717) is 5.75 Å². The number of hydrogen-bond donors (Lipinski definition) is 1. The molecule has 0 spiro atoms. The highest BCUT2D eigenvalue weighted by Crippen LogP contribution is 2.35. The van der Waals surface area contributed by atoms with Crippen molar-refractivity contribution in [3.63, 3.8) is 0 Å². The zero-order valence-electron chi connectivity index (χ0n) is 16.7. The summed E-state index contributed by atoms with van der Waals surface area (Å²) in [5.74, 6) is 2.34. The van der Waals surface area contributed by atoms with Gasteiger partial charge in [-0.2, -0.15) is 0 Å². The monoisotopic (exact) mass is 394 g/mol. The number of ether oxygens (including phenoxy) is 2. The number of rotatable bonds is 6. The van der Waals surface area contributed by atoms with Gasteiger partial charge in [-0.05, 0) is 59.7 Å². The third-order valence-corrected chi connectivity index (χ3v) is 4.76. The van der Waals surface area contributed by atoms with Crippen LogP contribution in [0.3, 0.4) is 0 Å². The van der Waals surface area contributed by atoms with Crippen LogP contribution in [0.15, 0.2) is 109 Å². The second-order valence-electron chi connectivity index (χ2n) is 6.76. The summed E-state index contributed by atoms with van der Waals surface area (Å²) in [5, 5.41) is 9.65. The second-order valence-corrected chi connectivity index (χ2v) is 6.76. The van der Waals surface area contributed by atoms with Gasteiger partial charge >= 0.3 is 0 Å². The minimum atomic E-state index is 0.198. The Bertz CT molecular complexity index is 1070. The standard InChI is InChI=1S/C27H22O3/c1-29-24-16-12-22(13-17-24)27(30-25-18-14-23(28)15-19-25)26(20-8-4-2-5-9-20)21-10-6-3-7-11-21/h2-19,28H,1H3. The first-order chi connectivity index (χ1) is 14.7. The van der Waals surface area contributed by atoms with Crippen LogP contribution in [-0.4, -0.2) is 12.2 Å². The zero-order chi connectivity index (χ0) is 20.8. The minimum absolute atomic E-state index is 0.198. The molecular weight excluding hydrogens is 372 g/mol. The zero-order valence-corrected chi connectivity index (χ0v) is 16.7. The van der Waals surface area contributed by atoms with Gasteiger partial charge in [0.25, 0.3) is 0 Å². The van der Waals surface area contributed by atoms with Gasteiger partial charge in [0.05, 0.1) is 7.11 Å². The summed E-state index contributed by atoms with van der Waals surface area (Å²) in [7, 11) is 1.65. The Kier molecular flexibility index (Phi) is 5.81. The van der Waals surface area contributed by atoms with Gasteiger partial charge < -0.3 is 14.6 Å². The first-order valence-corrected chi connectivity index (χ1v) is 9.71. The topological polar surface area (TPSA) is 38.7 Å². The molecule has 0 atom stereocenters. The van der Waals surface area contributed by atoms with E-state index in [1.165, 1.54) is 0 Å². The van der Waals surface area contributed by atoms with Gasteiger partial charge in [-0.3, -0.25) is 0 Å². The fraction of sp³-hybridized carbons (Fsp3) is 0.0370. The molecule has 0 aliphatic rings. The maximum Gasteiger partial charge on any atom is 0.143 e. The highest BCUT2D eigenvalue weighted by molar-refractivity contribution is 5.96. The molecule has 3 heteroatoms. The van der Waals surface area contributed by atoms with Gasteiger partial charge in [0, 0.05) is 11.1 Å². The summed E-state index contributed by atoms with van der Waals surface area (Å²) in [4.78, 5) is 0. The molecule has 148 valence electrons. The number of aromatic hydroxyl groups is 1. The van der Waals surface area contributed by atoms with Crippen molar-refractivity contribution in [2.45, 2.75) is 0 Å². The second kappa shape index (κ2) is 9.01. The highest BCUT2D eigenvalue weighted by atomic mass is 16.5. The van der Waals surface area contributed by atoms with E-state index in [9.17, 15) is 5.11 Å². The van der Waals surface area contributed by atoms with Crippen molar-refractivity contribution < 1.29 is 14.6 Å². The fourth-order valence-electron chi connectivity index (χ4n) is 3.27. The van der Waals surface area contributed by atoms with Crippen molar-refractivity contribution in [2.75, 3.05) is 7.11 Å². The molecule has 4 rings (SSSR count). The van der Waals surface area contributed by atoms with Gasteiger partial charge in [-0.1, -0.05) is 60.7 Å². The predicted octanol–water partition coefficient (Wildman–Crippen LogP) is 6.40. The average molecular weight is 394 g/mol. The van der Waals surface area contributed by atoms with Gasteiger partial charge in [-0.25, -0.2) is 0 Å². The molecule has 3 nitrogen and oxygen atoms in total. The molecule has 0 unspecified atom stereocenters. The number of hydrogen-bond acceptors (Lipinski definition) is 3. The van der Waals surface area contributed by atoms with Crippen LogP contribution in [0.25, 0.3) is 11.3 Å². The number of methoxy groups -OCH3 is 1. The molecular formula is C27H22O3. The van der Waals surface area contributed by atoms with Crippen molar-refractivity contribution in [1.29, 1.82) is 0 Å². The largest absolute Gasteiger partial charge is 0.508 e. The molecule has 0 heterocycles. The van der Waals surface area contributed by atoms with Crippen molar-refractivity contribution in [3.05, 3.63) is 126 Å². The van der Waals surface area contributed by atoms with E-state index in [2.05, 4.69) is 24.3 Å². The maximum absolute atomic E-state index is 9.65. The maximum atomic E-state index is 9.65. The van der Waals surface area contributed by atoms with Crippen LogP contribution < -0.4 is 9.47 Å². The molecule has 0 amide bonds. The third kappa shape index (κ3) is 4.36. The highest BCUT2D eigenvalue weighted by Gasteiger charge is 2.17. The SMILES string of the molecule is COc1ccc(C(Oc2ccc(O)cc2)=C(c2ccccc2)c2ccccc2)cc1. The van der Waals surface area contributed by atoms with E-state index in [0.717, 1.165) is 33.8 Å². The van der Waals surface area contributed by atoms with Crippen LogP contribution in [0.5, 0.6) is 17.2 Å². The van der Waals surface area contributed by atoms with E-state index in [4.69, 9.17) is 9.47 Å². The summed E-state index contributed by atoms with van der Waals surface area (Å²) in [5.41, 5.74) is 4.00. The molecule has 0 aliphatic heterocycles. The Morgan fingerprint density at radius 1 is 0.567 bits per heavy atom. The Labute approximate surface area is 176 Å².